The van der Waals surface area contributed by atoms with Crippen LogP contribution in [-0.4, -0.2) is 79.3 Å². The summed E-state index contributed by atoms with van der Waals surface area (Å²) in [6, 6.07) is 8.87. The Hall–Kier alpha value is -3.90. The van der Waals surface area contributed by atoms with Gasteiger partial charge in [0.1, 0.15) is 28.5 Å². The Morgan fingerprint density at radius 2 is 1.64 bits per heavy atom. The van der Waals surface area contributed by atoms with Crippen LogP contribution in [0.4, 0.5) is 10.5 Å². The topological polar surface area (TPSA) is 117 Å². The number of nitrogens with zero attached hydrogens (tertiary/aromatic N) is 4. The van der Waals surface area contributed by atoms with Crippen LogP contribution in [0, 0.1) is 0 Å². The molecule has 45 heavy (non-hydrogen) atoms. The van der Waals surface area contributed by atoms with Crippen LogP contribution in [-0.2, 0) is 9.16 Å². The van der Waals surface area contributed by atoms with Crippen molar-refractivity contribution in [3.05, 3.63) is 48.9 Å². The zero-order valence-corrected chi connectivity index (χ0v) is 29.1. The molecule has 12 heteroatoms. The highest BCUT2D eigenvalue weighted by atomic mass is 28.4. The van der Waals surface area contributed by atoms with E-state index < -0.39 is 13.9 Å². The van der Waals surface area contributed by atoms with Crippen molar-refractivity contribution in [2.45, 2.75) is 83.8 Å². The van der Waals surface area contributed by atoms with Gasteiger partial charge < -0.3 is 33.6 Å². The average Bonchev–Trinajstić information content (AvgIpc) is 3.37. The lowest BCUT2D eigenvalue weighted by Gasteiger charge is -2.38. The molecule has 1 amide bonds. The summed E-state index contributed by atoms with van der Waals surface area (Å²) in [5, 5.41) is 3.50. The van der Waals surface area contributed by atoms with Crippen LogP contribution in [0.5, 0.6) is 23.1 Å². The molecule has 1 saturated heterocycles. The Morgan fingerprint density at radius 1 is 0.978 bits per heavy atom. The average molecular weight is 638 g/mol. The Bertz CT molecular complexity index is 1460. The highest BCUT2D eigenvalue weighted by Crippen LogP contribution is 2.39. The number of likely N-dealkylation sites (tertiary alicyclic amines) is 1. The molecule has 0 radical (unpaired) electrons. The van der Waals surface area contributed by atoms with Crippen molar-refractivity contribution < 1.29 is 28.2 Å². The first-order valence-corrected chi connectivity index (χ1v) is 18.1. The maximum absolute atomic E-state index is 13.4. The van der Waals surface area contributed by atoms with Crippen molar-refractivity contribution in [2.75, 3.05) is 32.6 Å². The molecule has 244 valence electrons. The third-order valence-corrected chi connectivity index (χ3v) is 12.6. The fraction of sp³-hybridized carbons (Fsp3) is 0.515. The van der Waals surface area contributed by atoms with E-state index >= 15 is 0 Å². The molecule has 0 aliphatic carbocycles. The minimum absolute atomic E-state index is 0.0468. The predicted molar refractivity (Wildman–Crippen MR) is 177 cm³/mol. The van der Waals surface area contributed by atoms with E-state index in [1.165, 1.54) is 0 Å². The number of ether oxygens (including phenoxy) is 4. The highest BCUT2D eigenvalue weighted by molar-refractivity contribution is 6.74. The van der Waals surface area contributed by atoms with Gasteiger partial charge in [-0.1, -0.05) is 20.8 Å². The summed E-state index contributed by atoms with van der Waals surface area (Å²) in [7, 11) is 1.13. The number of rotatable bonds is 10. The third kappa shape index (κ3) is 8.85. The number of hydrogen-bond donors (Lipinski definition) is 1. The van der Waals surface area contributed by atoms with Crippen LogP contribution >= 0.6 is 0 Å². The van der Waals surface area contributed by atoms with Crippen molar-refractivity contribution in [3.8, 4) is 34.5 Å². The summed E-state index contributed by atoms with van der Waals surface area (Å²) >= 11 is 0. The van der Waals surface area contributed by atoms with Gasteiger partial charge in [0.25, 0.3) is 0 Å². The normalized spacial score (nSPS) is 17.2. The minimum Gasteiger partial charge on any atom is -0.497 e. The smallest absolute Gasteiger partial charge is 0.410 e. The number of carbonyl (C=O) groups is 1. The molecular weight excluding hydrogens is 590 g/mol. The van der Waals surface area contributed by atoms with E-state index in [2.05, 4.69) is 49.1 Å². The molecule has 1 N–H and O–H groups in total. The van der Waals surface area contributed by atoms with Crippen LogP contribution in [0.1, 0.15) is 48.0 Å². The number of anilines is 1. The molecular formula is C33H47N5O6Si. The van der Waals surface area contributed by atoms with E-state index in [4.69, 9.17) is 28.4 Å². The van der Waals surface area contributed by atoms with Gasteiger partial charge in [-0.25, -0.2) is 9.78 Å². The van der Waals surface area contributed by atoms with Gasteiger partial charge in [-0.15, -0.1) is 0 Å². The highest BCUT2D eigenvalue weighted by Gasteiger charge is 2.44. The fourth-order valence-corrected chi connectivity index (χ4v) is 5.99. The molecule has 0 saturated carbocycles. The van der Waals surface area contributed by atoms with Crippen molar-refractivity contribution in [1.82, 2.24) is 19.9 Å². The van der Waals surface area contributed by atoms with Gasteiger partial charge in [-0.05, 0) is 75.7 Å². The molecule has 0 unspecified atom stereocenters. The summed E-state index contributed by atoms with van der Waals surface area (Å²) in [6.45, 7) is 17.6. The van der Waals surface area contributed by atoms with Gasteiger partial charge in [-0.3, -0.25) is 4.98 Å². The standard InChI is InChI=1S/C33H47N5O6Si/c1-32(2,3)43-31(39)38-21-27(44-45(9,10)33(4,5)6)16-23(38)18-35-28-20-36-29(22-15-26(41-8)19-34-17-22)37-30(28)42-25-13-11-24(40-7)12-14-25/h11-15,17,19-20,23,27,35H,16,18,21H2,1-10H3/t23-,27-/m1/s1. The van der Waals surface area contributed by atoms with Gasteiger partial charge >= 0.3 is 6.09 Å². The summed E-state index contributed by atoms with van der Waals surface area (Å²) < 4.78 is 29.4. The van der Waals surface area contributed by atoms with E-state index in [-0.39, 0.29) is 23.3 Å². The quantitative estimate of drug-likeness (QED) is 0.230. The maximum atomic E-state index is 13.4. The molecule has 1 aliphatic heterocycles. The molecule has 1 aliphatic rings. The molecule has 11 nitrogen and oxygen atoms in total. The van der Waals surface area contributed by atoms with Crippen molar-refractivity contribution in [1.29, 1.82) is 0 Å². The van der Waals surface area contributed by atoms with Crippen LogP contribution in [0.3, 0.4) is 0 Å². The van der Waals surface area contributed by atoms with E-state index in [9.17, 15) is 4.79 Å². The largest absolute Gasteiger partial charge is 0.497 e. The number of amides is 1. The summed E-state index contributed by atoms with van der Waals surface area (Å²) in [6.07, 6.45) is 5.18. The number of nitrogens with one attached hydrogen (secondary N) is 1. The number of carbonyl (C=O) groups excluding carboxylic acids is 1. The molecule has 0 bridgehead atoms. The number of benzene rings is 1. The summed E-state index contributed by atoms with van der Waals surface area (Å²) in [5.41, 5.74) is 0.632. The number of methoxy groups -OCH3 is 2. The van der Waals surface area contributed by atoms with Gasteiger partial charge in [0, 0.05) is 24.8 Å². The van der Waals surface area contributed by atoms with Crippen LogP contribution in [0.2, 0.25) is 18.1 Å². The Balaban J connectivity index is 1.61. The van der Waals surface area contributed by atoms with E-state index in [0.717, 1.165) is 0 Å². The monoisotopic (exact) mass is 637 g/mol. The maximum Gasteiger partial charge on any atom is 0.410 e. The molecule has 1 aromatic carbocycles. The number of hydrogen-bond acceptors (Lipinski definition) is 10. The van der Waals surface area contributed by atoms with Crippen LogP contribution < -0.4 is 19.5 Å². The second kappa shape index (κ2) is 13.6. The first kappa shape index (κ1) is 34.0. The van der Waals surface area contributed by atoms with E-state index in [1.54, 1.807) is 37.7 Å². The van der Waals surface area contributed by atoms with Crippen molar-refractivity contribution >= 4 is 20.1 Å². The van der Waals surface area contributed by atoms with E-state index in [1.807, 2.05) is 51.1 Å². The van der Waals surface area contributed by atoms with Gasteiger partial charge in [0.2, 0.25) is 5.88 Å². The lowest BCUT2D eigenvalue weighted by atomic mass is 10.2. The molecule has 3 heterocycles. The summed E-state index contributed by atoms with van der Waals surface area (Å²) in [4.78, 5) is 28.7. The fourth-order valence-electron chi connectivity index (χ4n) is 4.63. The SMILES string of the molecule is COc1ccc(Oc2nc(-c3cncc(OC)c3)ncc2NC[C@H]2C[C@@H](O[Si](C)(C)C(C)(C)C)CN2C(=O)OC(C)(C)C)cc1. The van der Waals surface area contributed by atoms with Crippen LogP contribution in [0.15, 0.2) is 48.9 Å². The third-order valence-electron chi connectivity index (χ3n) is 8.03. The molecule has 3 aromatic rings. The van der Waals surface area contributed by atoms with Gasteiger partial charge in [0.15, 0.2) is 14.1 Å². The van der Waals surface area contributed by atoms with Gasteiger partial charge in [0.05, 0.1) is 38.8 Å². The second-order valence-electron chi connectivity index (χ2n) is 13.7. The zero-order valence-electron chi connectivity index (χ0n) is 28.1. The first-order chi connectivity index (χ1) is 21.1. The zero-order chi connectivity index (χ0) is 33.0. The molecule has 0 spiro atoms. The van der Waals surface area contributed by atoms with E-state index in [0.29, 0.717) is 59.7 Å². The summed E-state index contributed by atoms with van der Waals surface area (Å²) in [5.74, 6) is 2.63. The minimum atomic E-state index is -2.06. The lowest BCUT2D eigenvalue weighted by molar-refractivity contribution is 0.0218. The van der Waals surface area contributed by atoms with Gasteiger partial charge in [-0.2, -0.15) is 4.98 Å². The van der Waals surface area contributed by atoms with Crippen molar-refractivity contribution in [3.63, 3.8) is 0 Å². The predicted octanol–water partition coefficient (Wildman–Crippen LogP) is 7.16. The Labute approximate surface area is 267 Å². The molecule has 4 rings (SSSR count). The Kier molecular flexibility index (Phi) is 10.3. The number of pyridine rings is 1. The lowest BCUT2D eigenvalue weighted by Crippen LogP contribution is -2.45. The molecule has 2 aromatic heterocycles. The van der Waals surface area contributed by atoms with Crippen molar-refractivity contribution in [2.24, 2.45) is 0 Å². The molecule has 1 fully saturated rings. The first-order valence-electron chi connectivity index (χ1n) is 15.2. The number of aromatic nitrogens is 3. The second-order valence-corrected chi connectivity index (χ2v) is 18.5. The Morgan fingerprint density at radius 3 is 2.27 bits per heavy atom. The molecule has 2 atom stereocenters. The van der Waals surface area contributed by atoms with Crippen LogP contribution in [0.25, 0.3) is 11.4 Å².